The van der Waals surface area contributed by atoms with Crippen molar-refractivity contribution in [2.24, 2.45) is 0 Å². The van der Waals surface area contributed by atoms with Crippen molar-refractivity contribution in [3.63, 3.8) is 0 Å². The van der Waals surface area contributed by atoms with Crippen LogP contribution in [-0.4, -0.2) is 54.7 Å². The Balaban J connectivity index is 1.54. The van der Waals surface area contributed by atoms with Gasteiger partial charge in [-0.2, -0.15) is 0 Å². The highest BCUT2D eigenvalue weighted by Gasteiger charge is 2.31. The van der Waals surface area contributed by atoms with E-state index >= 15 is 0 Å². The molecule has 0 N–H and O–H groups in total. The monoisotopic (exact) mass is 395 g/mol. The molecule has 6 nitrogen and oxygen atoms in total. The van der Waals surface area contributed by atoms with Gasteiger partial charge in [-0.15, -0.1) is 0 Å². The van der Waals surface area contributed by atoms with Gasteiger partial charge in [-0.1, -0.05) is 35.5 Å². The van der Waals surface area contributed by atoms with Crippen molar-refractivity contribution in [1.82, 2.24) is 15.0 Å². The van der Waals surface area contributed by atoms with Crippen molar-refractivity contribution in [2.75, 3.05) is 33.8 Å². The standard InChI is InChI=1S/C22H22FN3O3/c1-25-10-11-26(14-20(25)17-8-3-4-9-18(17)23)22(27)19-13-21(29-24-19)15-6-5-7-16(12-15)28-2/h3-9,12-13,20H,10-11,14H2,1-2H3. The van der Waals surface area contributed by atoms with E-state index in [-0.39, 0.29) is 23.5 Å². The van der Waals surface area contributed by atoms with Gasteiger partial charge in [-0.25, -0.2) is 4.39 Å². The first-order valence-electron chi connectivity index (χ1n) is 9.42. The predicted molar refractivity (Wildman–Crippen MR) is 106 cm³/mol. The van der Waals surface area contributed by atoms with Crippen LogP contribution in [0.3, 0.4) is 0 Å². The van der Waals surface area contributed by atoms with E-state index in [4.69, 9.17) is 9.26 Å². The number of nitrogens with zero attached hydrogens (tertiary/aromatic N) is 3. The maximum atomic E-state index is 14.3. The number of amides is 1. The van der Waals surface area contributed by atoms with Crippen LogP contribution in [-0.2, 0) is 0 Å². The summed E-state index contributed by atoms with van der Waals surface area (Å²) in [4.78, 5) is 16.8. The molecule has 0 bridgehead atoms. The fraction of sp³-hybridized carbons (Fsp3) is 0.273. The first kappa shape index (κ1) is 19.1. The molecule has 1 atom stereocenters. The molecule has 3 aromatic rings. The molecule has 1 aliphatic rings. The average Bonchev–Trinajstić information content (AvgIpc) is 3.24. The Labute approximate surface area is 168 Å². The summed E-state index contributed by atoms with van der Waals surface area (Å²) in [7, 11) is 3.53. The zero-order valence-electron chi connectivity index (χ0n) is 16.3. The fourth-order valence-electron chi connectivity index (χ4n) is 3.59. The van der Waals surface area contributed by atoms with Gasteiger partial charge >= 0.3 is 0 Å². The maximum Gasteiger partial charge on any atom is 0.276 e. The van der Waals surface area contributed by atoms with E-state index in [1.807, 2.05) is 37.4 Å². The van der Waals surface area contributed by atoms with Gasteiger partial charge in [-0.3, -0.25) is 9.69 Å². The van der Waals surface area contributed by atoms with Crippen LogP contribution in [0.1, 0.15) is 22.1 Å². The van der Waals surface area contributed by atoms with Gasteiger partial charge in [0.2, 0.25) is 0 Å². The van der Waals surface area contributed by atoms with E-state index in [1.54, 1.807) is 30.2 Å². The lowest BCUT2D eigenvalue weighted by atomic mass is 10.0. The number of benzene rings is 2. The van der Waals surface area contributed by atoms with E-state index in [1.165, 1.54) is 6.07 Å². The third-order valence-corrected chi connectivity index (χ3v) is 5.28. The maximum absolute atomic E-state index is 14.3. The van der Waals surface area contributed by atoms with Crippen molar-refractivity contribution >= 4 is 5.91 Å². The molecule has 1 saturated heterocycles. The number of rotatable bonds is 4. The van der Waals surface area contributed by atoms with Crippen molar-refractivity contribution < 1.29 is 18.4 Å². The summed E-state index contributed by atoms with van der Waals surface area (Å²) >= 11 is 0. The van der Waals surface area contributed by atoms with E-state index < -0.39 is 0 Å². The molecule has 1 amide bonds. The van der Waals surface area contributed by atoms with Gasteiger partial charge in [-0.05, 0) is 25.2 Å². The lowest BCUT2D eigenvalue weighted by molar-refractivity contribution is 0.0531. The molecule has 1 fully saturated rings. The highest BCUT2D eigenvalue weighted by molar-refractivity contribution is 5.93. The van der Waals surface area contributed by atoms with Crippen LogP contribution in [0.4, 0.5) is 4.39 Å². The molecule has 1 aromatic heterocycles. The summed E-state index contributed by atoms with van der Waals surface area (Å²) in [5.74, 6) is 0.698. The number of methoxy groups -OCH3 is 1. The molecule has 29 heavy (non-hydrogen) atoms. The molecule has 7 heteroatoms. The molecule has 0 aliphatic carbocycles. The minimum Gasteiger partial charge on any atom is -0.497 e. The molecule has 1 aliphatic heterocycles. The van der Waals surface area contributed by atoms with Gasteiger partial charge in [0, 0.05) is 36.8 Å². The highest BCUT2D eigenvalue weighted by Crippen LogP contribution is 2.28. The number of hydrogen-bond acceptors (Lipinski definition) is 5. The van der Waals surface area contributed by atoms with Crippen LogP contribution in [0.5, 0.6) is 5.75 Å². The first-order chi connectivity index (χ1) is 14.1. The SMILES string of the molecule is COc1cccc(-c2cc(C(=O)N3CCN(C)C(c4ccccc4F)C3)no2)c1. The second-order valence-corrected chi connectivity index (χ2v) is 7.08. The third kappa shape index (κ3) is 3.86. The Morgan fingerprint density at radius 3 is 2.79 bits per heavy atom. The van der Waals surface area contributed by atoms with Gasteiger partial charge in [0.05, 0.1) is 13.2 Å². The molecule has 0 saturated carbocycles. The molecule has 0 spiro atoms. The van der Waals surface area contributed by atoms with Gasteiger partial charge in [0.25, 0.3) is 5.91 Å². The minimum atomic E-state index is -0.264. The number of piperazine rings is 1. The zero-order chi connectivity index (χ0) is 20.4. The highest BCUT2D eigenvalue weighted by atomic mass is 19.1. The number of likely N-dealkylation sites (N-methyl/N-ethyl adjacent to an activating group) is 1. The van der Waals surface area contributed by atoms with Crippen LogP contribution in [0, 0.1) is 5.82 Å². The van der Waals surface area contributed by atoms with Crippen LogP contribution >= 0.6 is 0 Å². The summed E-state index contributed by atoms with van der Waals surface area (Å²) in [5, 5.41) is 3.96. The van der Waals surface area contributed by atoms with Gasteiger partial charge < -0.3 is 14.2 Å². The first-order valence-corrected chi connectivity index (χ1v) is 9.42. The number of aromatic nitrogens is 1. The Hall–Kier alpha value is -3.19. The number of ether oxygens (including phenoxy) is 1. The molecular formula is C22H22FN3O3. The third-order valence-electron chi connectivity index (χ3n) is 5.28. The van der Waals surface area contributed by atoms with E-state index in [9.17, 15) is 9.18 Å². The largest absolute Gasteiger partial charge is 0.497 e. The summed E-state index contributed by atoms with van der Waals surface area (Å²) in [6, 6.07) is 15.5. The minimum absolute atomic E-state index is 0.210. The summed E-state index contributed by atoms with van der Waals surface area (Å²) in [6.07, 6.45) is 0. The predicted octanol–water partition coefficient (Wildman–Crippen LogP) is 3.62. The smallest absolute Gasteiger partial charge is 0.276 e. The molecule has 150 valence electrons. The number of halogens is 1. The molecule has 4 rings (SSSR count). The number of hydrogen-bond donors (Lipinski definition) is 0. The Bertz CT molecular complexity index is 1020. The second kappa shape index (κ2) is 8.05. The lowest BCUT2D eigenvalue weighted by Crippen LogP contribution is -2.49. The second-order valence-electron chi connectivity index (χ2n) is 7.08. The Morgan fingerprint density at radius 2 is 2.00 bits per heavy atom. The van der Waals surface area contributed by atoms with Crippen LogP contribution in [0.25, 0.3) is 11.3 Å². The summed E-state index contributed by atoms with van der Waals surface area (Å²) < 4.78 is 24.9. The molecule has 2 aromatic carbocycles. The summed E-state index contributed by atoms with van der Waals surface area (Å²) in [5.41, 5.74) is 1.60. The normalized spacial score (nSPS) is 17.3. The van der Waals surface area contributed by atoms with Crippen molar-refractivity contribution in [3.05, 3.63) is 71.7 Å². The van der Waals surface area contributed by atoms with Crippen LogP contribution < -0.4 is 4.74 Å². The zero-order valence-corrected chi connectivity index (χ0v) is 16.3. The lowest BCUT2D eigenvalue weighted by Gasteiger charge is -2.39. The van der Waals surface area contributed by atoms with E-state index in [0.29, 0.717) is 36.7 Å². The average molecular weight is 395 g/mol. The van der Waals surface area contributed by atoms with Crippen LogP contribution in [0.15, 0.2) is 59.1 Å². The quantitative estimate of drug-likeness (QED) is 0.675. The van der Waals surface area contributed by atoms with Crippen molar-refractivity contribution in [2.45, 2.75) is 6.04 Å². The van der Waals surface area contributed by atoms with Crippen molar-refractivity contribution in [3.8, 4) is 17.1 Å². The van der Waals surface area contributed by atoms with E-state index in [0.717, 1.165) is 5.56 Å². The molecule has 0 radical (unpaired) electrons. The van der Waals surface area contributed by atoms with Crippen LogP contribution in [0.2, 0.25) is 0 Å². The van der Waals surface area contributed by atoms with Gasteiger partial charge in [0.15, 0.2) is 11.5 Å². The topological polar surface area (TPSA) is 58.8 Å². The summed E-state index contributed by atoms with van der Waals surface area (Å²) in [6.45, 7) is 1.57. The fourth-order valence-corrected chi connectivity index (χ4v) is 3.59. The van der Waals surface area contributed by atoms with E-state index in [2.05, 4.69) is 10.1 Å². The Morgan fingerprint density at radius 1 is 1.17 bits per heavy atom. The van der Waals surface area contributed by atoms with Gasteiger partial charge in [0.1, 0.15) is 11.6 Å². The molecular weight excluding hydrogens is 373 g/mol. The Kier molecular flexibility index (Phi) is 5.31. The number of carbonyl (C=O) groups excluding carboxylic acids is 1. The molecule has 2 heterocycles. The molecule has 1 unspecified atom stereocenters. The number of carbonyl (C=O) groups is 1. The van der Waals surface area contributed by atoms with Crippen molar-refractivity contribution in [1.29, 1.82) is 0 Å².